The summed E-state index contributed by atoms with van der Waals surface area (Å²) in [6, 6.07) is 0. The highest BCUT2D eigenvalue weighted by atomic mass is 16.7. The summed E-state index contributed by atoms with van der Waals surface area (Å²) in [4.78, 5) is 22.4. The highest BCUT2D eigenvalue weighted by Gasteiger charge is 2.46. The molecule has 0 aromatic rings. The molecule has 0 bridgehead atoms. The molecule has 0 saturated carbocycles. The minimum atomic E-state index is -1.46. The van der Waals surface area contributed by atoms with Crippen molar-refractivity contribution >= 4 is 11.9 Å². The van der Waals surface area contributed by atoms with Gasteiger partial charge in [0.1, 0.15) is 24.7 Å². The van der Waals surface area contributed by atoms with Crippen LogP contribution < -0.4 is 0 Å². The minimum Gasteiger partial charge on any atom is -0.469 e. The van der Waals surface area contributed by atoms with Gasteiger partial charge in [0.25, 0.3) is 0 Å². The van der Waals surface area contributed by atoms with Crippen LogP contribution in [0.4, 0.5) is 0 Å². The SMILES string of the molecule is COC(=O)CC(=O)O[C@H]1[C@@H](O)[C@@H](CO)O[C@@H](OC)[C@@H]1O. The number of aliphatic hydroxyl groups excluding tert-OH is 3. The van der Waals surface area contributed by atoms with Gasteiger partial charge in [-0.05, 0) is 0 Å². The van der Waals surface area contributed by atoms with Crippen molar-refractivity contribution in [2.24, 2.45) is 0 Å². The van der Waals surface area contributed by atoms with Crippen molar-refractivity contribution in [3.05, 3.63) is 0 Å². The summed E-state index contributed by atoms with van der Waals surface area (Å²) >= 11 is 0. The number of esters is 2. The van der Waals surface area contributed by atoms with Gasteiger partial charge < -0.3 is 34.3 Å². The maximum atomic E-state index is 11.5. The number of ether oxygens (including phenoxy) is 4. The molecule has 5 atom stereocenters. The van der Waals surface area contributed by atoms with E-state index in [1.165, 1.54) is 7.11 Å². The van der Waals surface area contributed by atoms with Crippen LogP contribution >= 0.6 is 0 Å². The number of hydrogen-bond donors (Lipinski definition) is 3. The first-order valence-corrected chi connectivity index (χ1v) is 5.86. The highest BCUT2D eigenvalue weighted by molar-refractivity contribution is 5.91. The average molecular weight is 294 g/mol. The second-order valence-electron chi connectivity index (χ2n) is 4.15. The topological polar surface area (TPSA) is 132 Å². The monoisotopic (exact) mass is 294 g/mol. The zero-order chi connectivity index (χ0) is 15.3. The lowest BCUT2D eigenvalue weighted by Crippen LogP contribution is -2.60. The third-order valence-corrected chi connectivity index (χ3v) is 2.84. The van der Waals surface area contributed by atoms with Crippen LogP contribution in [0.1, 0.15) is 6.42 Å². The third-order valence-electron chi connectivity index (χ3n) is 2.84. The summed E-state index contributed by atoms with van der Waals surface area (Å²) in [5, 5.41) is 28.8. The molecule has 0 aromatic heterocycles. The first kappa shape index (κ1) is 16.8. The number of rotatable bonds is 5. The fourth-order valence-electron chi connectivity index (χ4n) is 1.77. The minimum absolute atomic E-state index is 0.557. The molecule has 0 radical (unpaired) electrons. The molecular formula is C11H18O9. The molecule has 9 heteroatoms. The maximum Gasteiger partial charge on any atom is 0.317 e. The molecule has 0 spiro atoms. The summed E-state index contributed by atoms with van der Waals surface area (Å²) in [6.45, 7) is -0.557. The van der Waals surface area contributed by atoms with Gasteiger partial charge in [0, 0.05) is 7.11 Å². The van der Waals surface area contributed by atoms with E-state index in [0.29, 0.717) is 0 Å². The van der Waals surface area contributed by atoms with Crippen molar-refractivity contribution in [2.45, 2.75) is 37.1 Å². The Labute approximate surface area is 115 Å². The molecule has 1 saturated heterocycles. The smallest absolute Gasteiger partial charge is 0.317 e. The lowest BCUT2D eigenvalue weighted by Gasteiger charge is -2.40. The number of carbonyl (C=O) groups excluding carboxylic acids is 2. The first-order valence-electron chi connectivity index (χ1n) is 5.86. The maximum absolute atomic E-state index is 11.5. The van der Waals surface area contributed by atoms with Crippen LogP contribution in [0.2, 0.25) is 0 Å². The van der Waals surface area contributed by atoms with Gasteiger partial charge in [-0.15, -0.1) is 0 Å². The van der Waals surface area contributed by atoms with Crippen molar-refractivity contribution in [3.63, 3.8) is 0 Å². The van der Waals surface area contributed by atoms with Crippen LogP contribution in [-0.4, -0.2) is 78.8 Å². The van der Waals surface area contributed by atoms with Crippen LogP contribution in [0.15, 0.2) is 0 Å². The summed E-state index contributed by atoms with van der Waals surface area (Å²) in [5.74, 6) is -1.79. The summed E-state index contributed by atoms with van der Waals surface area (Å²) in [7, 11) is 2.35. The second-order valence-corrected chi connectivity index (χ2v) is 4.15. The van der Waals surface area contributed by atoms with Crippen molar-refractivity contribution in [3.8, 4) is 0 Å². The molecule has 20 heavy (non-hydrogen) atoms. The molecule has 9 nitrogen and oxygen atoms in total. The summed E-state index contributed by atoms with van der Waals surface area (Å²) in [5.41, 5.74) is 0. The predicted octanol–water partition coefficient (Wildman–Crippen LogP) is -2.45. The van der Waals surface area contributed by atoms with Gasteiger partial charge in [0.15, 0.2) is 12.4 Å². The normalized spacial score (nSPS) is 33.5. The van der Waals surface area contributed by atoms with Gasteiger partial charge in [-0.25, -0.2) is 0 Å². The van der Waals surface area contributed by atoms with E-state index in [0.717, 1.165) is 7.11 Å². The standard InChI is InChI=1S/C11H18O9/c1-17-6(13)3-7(14)20-10-8(15)5(4-12)19-11(18-2)9(10)16/h5,8-12,15-16H,3-4H2,1-2H3/t5-,8+,9-,10+,11-/m1/s1. The quantitative estimate of drug-likeness (QED) is 0.373. The molecule has 116 valence electrons. The molecule has 3 N–H and O–H groups in total. The van der Waals surface area contributed by atoms with Crippen LogP contribution in [-0.2, 0) is 28.5 Å². The first-order chi connectivity index (χ1) is 9.44. The molecule has 1 aliphatic heterocycles. The van der Waals surface area contributed by atoms with Gasteiger partial charge in [-0.1, -0.05) is 0 Å². The van der Waals surface area contributed by atoms with Crippen LogP contribution in [0.25, 0.3) is 0 Å². The average Bonchev–Trinajstić information content (AvgIpc) is 2.43. The highest BCUT2D eigenvalue weighted by Crippen LogP contribution is 2.24. The number of aliphatic hydroxyl groups is 3. The van der Waals surface area contributed by atoms with E-state index in [4.69, 9.17) is 19.3 Å². The molecule has 1 heterocycles. The molecule has 1 aliphatic rings. The van der Waals surface area contributed by atoms with Crippen molar-refractivity contribution in [1.29, 1.82) is 0 Å². The third kappa shape index (κ3) is 3.87. The van der Waals surface area contributed by atoms with Crippen molar-refractivity contribution < 1.29 is 43.9 Å². The Kier molecular flexibility index (Phi) is 6.30. The Morgan fingerprint density at radius 3 is 2.30 bits per heavy atom. The van der Waals surface area contributed by atoms with E-state index >= 15 is 0 Å². The van der Waals surface area contributed by atoms with Gasteiger partial charge >= 0.3 is 11.9 Å². The molecule has 0 aromatic carbocycles. The predicted molar refractivity (Wildman–Crippen MR) is 61.3 cm³/mol. The molecule has 1 fully saturated rings. The van der Waals surface area contributed by atoms with Gasteiger partial charge in [0.2, 0.25) is 0 Å². The molecule has 1 rings (SSSR count). The largest absolute Gasteiger partial charge is 0.469 e. The number of methoxy groups -OCH3 is 2. The lowest BCUT2D eigenvalue weighted by atomic mass is 9.99. The lowest BCUT2D eigenvalue weighted by molar-refractivity contribution is -0.297. The Bertz CT molecular complexity index is 329. The number of carbonyl (C=O) groups is 2. The summed E-state index contributed by atoms with van der Waals surface area (Å²) in [6.07, 6.45) is -7.22. The fraction of sp³-hybridized carbons (Fsp3) is 0.818. The zero-order valence-corrected chi connectivity index (χ0v) is 11.1. The second kappa shape index (κ2) is 7.50. The Balaban J connectivity index is 2.73. The van der Waals surface area contributed by atoms with Crippen molar-refractivity contribution in [1.82, 2.24) is 0 Å². The van der Waals surface area contributed by atoms with E-state index < -0.39 is 55.7 Å². The zero-order valence-electron chi connectivity index (χ0n) is 11.1. The Morgan fingerprint density at radius 2 is 1.80 bits per heavy atom. The van der Waals surface area contributed by atoms with Crippen molar-refractivity contribution in [2.75, 3.05) is 20.8 Å². The Hall–Kier alpha value is -1.26. The Morgan fingerprint density at radius 1 is 1.15 bits per heavy atom. The van der Waals surface area contributed by atoms with Crippen LogP contribution in [0.3, 0.4) is 0 Å². The van der Waals surface area contributed by atoms with Gasteiger partial charge in [0.05, 0.1) is 13.7 Å². The molecular weight excluding hydrogens is 276 g/mol. The van der Waals surface area contributed by atoms with E-state index in [9.17, 15) is 19.8 Å². The molecule has 0 aliphatic carbocycles. The summed E-state index contributed by atoms with van der Waals surface area (Å²) < 4.78 is 19.0. The van der Waals surface area contributed by atoms with Gasteiger partial charge in [-0.2, -0.15) is 0 Å². The van der Waals surface area contributed by atoms with E-state index in [2.05, 4.69) is 4.74 Å². The van der Waals surface area contributed by atoms with E-state index in [1.807, 2.05) is 0 Å². The molecule has 0 amide bonds. The van der Waals surface area contributed by atoms with Crippen LogP contribution in [0.5, 0.6) is 0 Å². The van der Waals surface area contributed by atoms with Crippen LogP contribution in [0, 0.1) is 0 Å². The fourth-order valence-corrected chi connectivity index (χ4v) is 1.77. The van der Waals surface area contributed by atoms with E-state index in [1.54, 1.807) is 0 Å². The van der Waals surface area contributed by atoms with Gasteiger partial charge in [-0.3, -0.25) is 9.59 Å². The van der Waals surface area contributed by atoms with E-state index in [-0.39, 0.29) is 0 Å². The molecule has 0 unspecified atom stereocenters. The number of hydrogen-bond acceptors (Lipinski definition) is 9.